The fourth-order valence-corrected chi connectivity index (χ4v) is 2.24. The van der Waals surface area contributed by atoms with Crippen LogP contribution in [0.3, 0.4) is 0 Å². The monoisotopic (exact) mass is 262 g/mol. The van der Waals surface area contributed by atoms with Crippen LogP contribution in [0.4, 0.5) is 8.78 Å². The Morgan fingerprint density at radius 2 is 2.12 bits per heavy atom. The number of likely N-dealkylation sites (tertiary alicyclic amines) is 1. The van der Waals surface area contributed by atoms with Crippen LogP contribution in [0, 0.1) is 11.6 Å². The van der Waals surface area contributed by atoms with E-state index in [1.165, 1.54) is 12.1 Å². The molecule has 1 unspecified atom stereocenters. The molecule has 1 atom stereocenters. The van der Waals surface area contributed by atoms with Crippen molar-refractivity contribution in [2.45, 2.75) is 25.4 Å². The Balaban J connectivity index is 0.00000144. The van der Waals surface area contributed by atoms with Gasteiger partial charge in [0.25, 0.3) is 0 Å². The molecule has 0 bridgehead atoms. The standard InChI is InChI=1S/C12H16F2N2.ClH/c13-10-4-3-9(12(14)6-10)8-16-5-1-2-11(16)7-15;/h3-4,6,11H,1-2,5,7-8,15H2;1H. The lowest BCUT2D eigenvalue weighted by atomic mass is 10.1. The molecular formula is C12H17ClF2N2. The Morgan fingerprint density at radius 1 is 1.35 bits per heavy atom. The summed E-state index contributed by atoms with van der Waals surface area (Å²) in [5.74, 6) is -0.999. The first-order valence-corrected chi connectivity index (χ1v) is 5.58. The summed E-state index contributed by atoms with van der Waals surface area (Å²) in [6.07, 6.45) is 2.17. The number of halogens is 3. The van der Waals surface area contributed by atoms with Gasteiger partial charge >= 0.3 is 0 Å². The number of hydrogen-bond acceptors (Lipinski definition) is 2. The minimum absolute atomic E-state index is 0. The van der Waals surface area contributed by atoms with Crippen molar-refractivity contribution in [2.75, 3.05) is 13.1 Å². The van der Waals surface area contributed by atoms with Crippen molar-refractivity contribution in [3.8, 4) is 0 Å². The summed E-state index contributed by atoms with van der Waals surface area (Å²) < 4.78 is 26.2. The molecule has 2 rings (SSSR count). The van der Waals surface area contributed by atoms with Crippen LogP contribution in [0.15, 0.2) is 18.2 Å². The van der Waals surface area contributed by atoms with E-state index in [1.807, 2.05) is 0 Å². The van der Waals surface area contributed by atoms with Gasteiger partial charge in [-0.25, -0.2) is 8.78 Å². The molecule has 2 N–H and O–H groups in total. The van der Waals surface area contributed by atoms with Crippen molar-refractivity contribution < 1.29 is 8.78 Å². The average Bonchev–Trinajstić information content (AvgIpc) is 2.69. The summed E-state index contributed by atoms with van der Waals surface area (Å²) in [6.45, 7) is 2.06. The molecule has 96 valence electrons. The highest BCUT2D eigenvalue weighted by molar-refractivity contribution is 5.85. The van der Waals surface area contributed by atoms with Crippen LogP contribution in [-0.4, -0.2) is 24.0 Å². The maximum atomic E-state index is 13.4. The summed E-state index contributed by atoms with van der Waals surface area (Å²) in [5.41, 5.74) is 6.19. The lowest BCUT2D eigenvalue weighted by Crippen LogP contribution is -2.35. The highest BCUT2D eigenvalue weighted by Crippen LogP contribution is 2.20. The van der Waals surface area contributed by atoms with Crippen molar-refractivity contribution in [1.82, 2.24) is 4.90 Å². The molecule has 1 aromatic rings. The first kappa shape index (κ1) is 14.4. The molecule has 0 spiro atoms. The third-order valence-electron chi connectivity index (χ3n) is 3.16. The largest absolute Gasteiger partial charge is 0.329 e. The molecule has 0 amide bonds. The van der Waals surface area contributed by atoms with Crippen molar-refractivity contribution in [3.05, 3.63) is 35.4 Å². The van der Waals surface area contributed by atoms with E-state index < -0.39 is 11.6 Å². The smallest absolute Gasteiger partial charge is 0.130 e. The molecule has 1 saturated heterocycles. The summed E-state index contributed by atoms with van der Waals surface area (Å²) in [7, 11) is 0. The van der Waals surface area contributed by atoms with Crippen LogP contribution < -0.4 is 5.73 Å². The van der Waals surface area contributed by atoms with Gasteiger partial charge in [0.2, 0.25) is 0 Å². The molecule has 2 nitrogen and oxygen atoms in total. The van der Waals surface area contributed by atoms with Crippen LogP contribution in [-0.2, 0) is 6.54 Å². The second-order valence-electron chi connectivity index (χ2n) is 4.24. The van der Waals surface area contributed by atoms with Gasteiger partial charge in [-0.1, -0.05) is 6.07 Å². The molecule has 1 fully saturated rings. The van der Waals surface area contributed by atoms with Crippen LogP contribution in [0.2, 0.25) is 0 Å². The zero-order chi connectivity index (χ0) is 11.5. The Bertz CT molecular complexity index is 374. The van der Waals surface area contributed by atoms with Crippen LogP contribution in [0.5, 0.6) is 0 Å². The normalized spacial score (nSPS) is 20.3. The van der Waals surface area contributed by atoms with E-state index in [0.717, 1.165) is 25.5 Å². The Kier molecular flexibility index (Phi) is 5.31. The second kappa shape index (κ2) is 6.28. The van der Waals surface area contributed by atoms with Gasteiger partial charge in [-0.05, 0) is 25.5 Å². The first-order chi connectivity index (χ1) is 7.70. The third kappa shape index (κ3) is 3.37. The highest BCUT2D eigenvalue weighted by atomic mass is 35.5. The van der Waals surface area contributed by atoms with Crippen molar-refractivity contribution in [1.29, 1.82) is 0 Å². The molecule has 1 aliphatic heterocycles. The van der Waals surface area contributed by atoms with E-state index in [4.69, 9.17) is 5.73 Å². The topological polar surface area (TPSA) is 29.3 Å². The molecule has 17 heavy (non-hydrogen) atoms. The van der Waals surface area contributed by atoms with Gasteiger partial charge in [0.1, 0.15) is 11.6 Å². The van der Waals surface area contributed by atoms with Crippen molar-refractivity contribution in [2.24, 2.45) is 5.73 Å². The van der Waals surface area contributed by atoms with Gasteiger partial charge in [0.15, 0.2) is 0 Å². The summed E-state index contributed by atoms with van der Waals surface area (Å²) in [4.78, 5) is 2.16. The van der Waals surface area contributed by atoms with Crippen LogP contribution in [0.25, 0.3) is 0 Å². The van der Waals surface area contributed by atoms with Gasteiger partial charge < -0.3 is 5.73 Å². The van der Waals surface area contributed by atoms with Crippen molar-refractivity contribution in [3.63, 3.8) is 0 Å². The number of hydrogen-bond donors (Lipinski definition) is 1. The Labute approximate surface area is 106 Å². The number of nitrogens with zero attached hydrogens (tertiary/aromatic N) is 1. The van der Waals surface area contributed by atoms with Gasteiger partial charge in [0, 0.05) is 30.8 Å². The van der Waals surface area contributed by atoms with E-state index in [2.05, 4.69) is 4.90 Å². The summed E-state index contributed by atoms with van der Waals surface area (Å²) in [5, 5.41) is 0. The lowest BCUT2D eigenvalue weighted by molar-refractivity contribution is 0.246. The molecule has 1 heterocycles. The minimum atomic E-state index is -0.530. The maximum absolute atomic E-state index is 13.4. The summed E-state index contributed by atoms with van der Waals surface area (Å²) >= 11 is 0. The average molecular weight is 263 g/mol. The SMILES string of the molecule is Cl.NCC1CCCN1Cc1ccc(F)cc1F. The van der Waals surface area contributed by atoms with Crippen molar-refractivity contribution >= 4 is 12.4 Å². The number of rotatable bonds is 3. The van der Waals surface area contributed by atoms with E-state index in [1.54, 1.807) is 0 Å². The molecule has 5 heteroatoms. The van der Waals surface area contributed by atoms with Gasteiger partial charge in [-0.15, -0.1) is 12.4 Å². The van der Waals surface area contributed by atoms with E-state index in [9.17, 15) is 8.78 Å². The van der Waals surface area contributed by atoms with Crippen LogP contribution in [0.1, 0.15) is 18.4 Å². The molecule has 0 aliphatic carbocycles. The first-order valence-electron chi connectivity index (χ1n) is 5.58. The molecule has 0 saturated carbocycles. The fourth-order valence-electron chi connectivity index (χ4n) is 2.24. The zero-order valence-electron chi connectivity index (χ0n) is 9.53. The predicted octanol–water partition coefficient (Wildman–Crippen LogP) is 2.31. The van der Waals surface area contributed by atoms with Crippen LogP contribution >= 0.6 is 12.4 Å². The number of nitrogens with two attached hydrogens (primary N) is 1. The Morgan fingerprint density at radius 3 is 2.76 bits per heavy atom. The second-order valence-corrected chi connectivity index (χ2v) is 4.24. The Hall–Kier alpha value is -0.710. The van der Waals surface area contributed by atoms with Gasteiger partial charge in [-0.3, -0.25) is 4.90 Å². The molecule has 1 aromatic carbocycles. The molecule has 0 radical (unpaired) electrons. The van der Waals surface area contributed by atoms with E-state index in [-0.39, 0.29) is 12.4 Å². The number of benzene rings is 1. The predicted molar refractivity (Wildman–Crippen MR) is 66.1 cm³/mol. The maximum Gasteiger partial charge on any atom is 0.130 e. The molecular weight excluding hydrogens is 246 g/mol. The third-order valence-corrected chi connectivity index (χ3v) is 3.16. The summed E-state index contributed by atoms with van der Waals surface area (Å²) in [6, 6.07) is 4.08. The quantitative estimate of drug-likeness (QED) is 0.906. The molecule has 0 aromatic heterocycles. The highest BCUT2D eigenvalue weighted by Gasteiger charge is 2.23. The van der Waals surface area contributed by atoms with E-state index >= 15 is 0 Å². The molecule has 1 aliphatic rings. The van der Waals surface area contributed by atoms with Gasteiger partial charge in [0.05, 0.1) is 0 Å². The van der Waals surface area contributed by atoms with E-state index in [0.29, 0.717) is 24.7 Å². The van der Waals surface area contributed by atoms with Gasteiger partial charge in [-0.2, -0.15) is 0 Å². The zero-order valence-corrected chi connectivity index (χ0v) is 10.4. The minimum Gasteiger partial charge on any atom is -0.329 e. The lowest BCUT2D eigenvalue weighted by Gasteiger charge is -2.23. The fraction of sp³-hybridized carbons (Fsp3) is 0.500.